The highest BCUT2D eigenvalue weighted by Crippen LogP contribution is 2.02. The number of carbonyl (C=O) groups is 1. The number of hydrogen-bond acceptors (Lipinski definition) is 2. The number of unbranched alkanes of at least 4 members (excludes halogenated alkanes) is 5. The van der Waals surface area contributed by atoms with Gasteiger partial charge in [-0.25, -0.2) is 0 Å². The van der Waals surface area contributed by atoms with E-state index in [0.29, 0.717) is 0 Å². The molecule has 0 radical (unpaired) electrons. The van der Waals surface area contributed by atoms with Gasteiger partial charge in [0.2, 0.25) is 0 Å². The molecule has 0 aliphatic heterocycles. The molecular weight excluding hydrogens is 252 g/mol. The van der Waals surface area contributed by atoms with E-state index in [1.165, 1.54) is 19.3 Å². The minimum atomic E-state index is -0.711. The number of aliphatic carboxylic acids is 1. The van der Waals surface area contributed by atoms with E-state index in [-0.39, 0.29) is 6.42 Å². The molecule has 0 aliphatic carbocycles. The van der Waals surface area contributed by atoms with Crippen molar-refractivity contribution < 1.29 is 14.6 Å². The van der Waals surface area contributed by atoms with E-state index in [1.54, 1.807) is 12.5 Å². The topological polar surface area (TPSA) is 46.5 Å². The molecule has 3 heteroatoms. The smallest absolute Gasteiger partial charge is 0.303 e. The lowest BCUT2D eigenvalue weighted by molar-refractivity contribution is -0.137. The zero-order valence-corrected chi connectivity index (χ0v) is 12.6. The Morgan fingerprint density at radius 3 is 2.40 bits per heavy atom. The van der Waals surface area contributed by atoms with Crippen molar-refractivity contribution in [2.24, 2.45) is 0 Å². The largest absolute Gasteiger partial charge is 0.481 e. The Balaban J connectivity index is 3.32. The second-order valence-corrected chi connectivity index (χ2v) is 4.72. The molecule has 1 N–H and O–H groups in total. The van der Waals surface area contributed by atoms with Crippen LogP contribution in [-0.4, -0.2) is 11.1 Å². The van der Waals surface area contributed by atoms with E-state index in [2.05, 4.69) is 25.2 Å². The highest BCUT2D eigenvalue weighted by molar-refractivity contribution is 5.66. The number of rotatable bonds is 13. The lowest BCUT2D eigenvalue weighted by Gasteiger charge is -1.93. The van der Waals surface area contributed by atoms with E-state index in [0.717, 1.165) is 32.1 Å². The summed E-state index contributed by atoms with van der Waals surface area (Å²) in [6.07, 6.45) is 20.2. The second-order valence-electron chi connectivity index (χ2n) is 4.72. The third-order valence-corrected chi connectivity index (χ3v) is 2.77. The van der Waals surface area contributed by atoms with Crippen LogP contribution >= 0.6 is 0 Å². The Bertz CT molecular complexity index is 303. The SMILES string of the molecule is CCCCCC=CO/C=C/C/C=C/CCCCC(=O)O. The first kappa shape index (κ1) is 18.5. The predicted octanol–water partition coefficient (Wildman–Crippen LogP) is 5.20. The van der Waals surface area contributed by atoms with Gasteiger partial charge in [-0.2, -0.15) is 0 Å². The van der Waals surface area contributed by atoms with Gasteiger partial charge in [-0.3, -0.25) is 4.79 Å². The van der Waals surface area contributed by atoms with Gasteiger partial charge in [-0.1, -0.05) is 31.9 Å². The molecule has 0 unspecified atom stereocenters. The normalized spacial score (nSPS) is 11.8. The minimum Gasteiger partial charge on any atom is -0.481 e. The molecule has 0 atom stereocenters. The molecule has 0 aromatic heterocycles. The highest BCUT2D eigenvalue weighted by Gasteiger charge is 1.93. The Morgan fingerprint density at radius 2 is 1.65 bits per heavy atom. The van der Waals surface area contributed by atoms with Crippen LogP contribution in [0.25, 0.3) is 0 Å². The summed E-state index contributed by atoms with van der Waals surface area (Å²) in [7, 11) is 0. The van der Waals surface area contributed by atoms with E-state index < -0.39 is 5.97 Å². The Morgan fingerprint density at radius 1 is 0.950 bits per heavy atom. The summed E-state index contributed by atoms with van der Waals surface area (Å²) < 4.78 is 5.23. The van der Waals surface area contributed by atoms with E-state index >= 15 is 0 Å². The van der Waals surface area contributed by atoms with Crippen molar-refractivity contribution in [2.45, 2.75) is 64.7 Å². The maximum atomic E-state index is 10.3. The van der Waals surface area contributed by atoms with Crippen molar-refractivity contribution in [3.05, 3.63) is 36.8 Å². The van der Waals surface area contributed by atoms with E-state index in [9.17, 15) is 4.79 Å². The molecule has 0 saturated heterocycles. The van der Waals surface area contributed by atoms with E-state index in [4.69, 9.17) is 9.84 Å². The van der Waals surface area contributed by atoms with Crippen LogP contribution in [0.3, 0.4) is 0 Å². The predicted molar refractivity (Wildman–Crippen MR) is 83.4 cm³/mol. The van der Waals surface area contributed by atoms with Crippen molar-refractivity contribution in [2.75, 3.05) is 0 Å². The summed E-state index contributed by atoms with van der Waals surface area (Å²) in [6, 6.07) is 0. The van der Waals surface area contributed by atoms with Crippen molar-refractivity contribution >= 4 is 5.97 Å². The summed E-state index contributed by atoms with van der Waals surface area (Å²) in [5.41, 5.74) is 0. The van der Waals surface area contributed by atoms with Crippen LogP contribution in [0.2, 0.25) is 0 Å². The zero-order chi connectivity index (χ0) is 14.9. The first-order valence-corrected chi connectivity index (χ1v) is 7.59. The molecule has 0 rings (SSSR count). The van der Waals surface area contributed by atoms with E-state index in [1.807, 2.05) is 6.08 Å². The fraction of sp³-hybridized carbons (Fsp3) is 0.588. The molecule has 0 heterocycles. The Labute approximate surface area is 123 Å². The average Bonchev–Trinajstić information content (AvgIpc) is 2.43. The maximum absolute atomic E-state index is 10.3. The number of ether oxygens (including phenoxy) is 1. The maximum Gasteiger partial charge on any atom is 0.303 e. The molecule has 20 heavy (non-hydrogen) atoms. The zero-order valence-electron chi connectivity index (χ0n) is 12.6. The van der Waals surface area contributed by atoms with Crippen LogP contribution in [0.4, 0.5) is 0 Å². The summed E-state index contributed by atoms with van der Waals surface area (Å²) in [4.78, 5) is 10.3. The molecule has 0 aromatic rings. The average molecular weight is 280 g/mol. The van der Waals surface area contributed by atoms with Gasteiger partial charge < -0.3 is 9.84 Å². The molecule has 0 saturated carbocycles. The first-order valence-electron chi connectivity index (χ1n) is 7.59. The van der Waals surface area contributed by atoms with Gasteiger partial charge in [0, 0.05) is 6.42 Å². The van der Waals surface area contributed by atoms with Crippen LogP contribution < -0.4 is 0 Å². The number of allylic oxidation sites excluding steroid dienone is 4. The number of carboxylic acid groups (broad SMARTS) is 1. The third kappa shape index (κ3) is 16.5. The first-order chi connectivity index (χ1) is 9.77. The summed E-state index contributed by atoms with van der Waals surface area (Å²) in [5, 5.41) is 8.47. The van der Waals surface area contributed by atoms with Crippen LogP contribution in [0.5, 0.6) is 0 Å². The van der Waals surface area contributed by atoms with Crippen LogP contribution in [0, 0.1) is 0 Å². The van der Waals surface area contributed by atoms with Gasteiger partial charge in [0.25, 0.3) is 0 Å². The Hall–Kier alpha value is -1.51. The number of carboxylic acids is 1. The Kier molecular flexibility index (Phi) is 14.4. The summed E-state index contributed by atoms with van der Waals surface area (Å²) >= 11 is 0. The monoisotopic (exact) mass is 280 g/mol. The van der Waals surface area contributed by atoms with Crippen molar-refractivity contribution in [3.8, 4) is 0 Å². The molecular formula is C17H28O3. The second kappa shape index (κ2) is 15.5. The van der Waals surface area contributed by atoms with Gasteiger partial charge in [-0.15, -0.1) is 0 Å². The van der Waals surface area contributed by atoms with Crippen LogP contribution in [0.15, 0.2) is 36.8 Å². The molecule has 114 valence electrons. The molecule has 0 bridgehead atoms. The van der Waals surface area contributed by atoms with Gasteiger partial charge in [0.15, 0.2) is 0 Å². The fourth-order valence-corrected chi connectivity index (χ4v) is 1.62. The lowest BCUT2D eigenvalue weighted by Crippen LogP contribution is -1.92. The van der Waals surface area contributed by atoms with Crippen molar-refractivity contribution in [3.63, 3.8) is 0 Å². The fourth-order valence-electron chi connectivity index (χ4n) is 1.62. The van der Waals surface area contributed by atoms with Gasteiger partial charge >= 0.3 is 5.97 Å². The third-order valence-electron chi connectivity index (χ3n) is 2.77. The highest BCUT2D eigenvalue weighted by atomic mass is 16.5. The van der Waals surface area contributed by atoms with Gasteiger partial charge in [0.1, 0.15) is 0 Å². The molecule has 0 aromatic carbocycles. The molecule has 0 aliphatic rings. The summed E-state index contributed by atoms with van der Waals surface area (Å²) in [5.74, 6) is -0.711. The quantitative estimate of drug-likeness (QED) is 0.286. The van der Waals surface area contributed by atoms with Crippen molar-refractivity contribution in [1.29, 1.82) is 0 Å². The van der Waals surface area contributed by atoms with Crippen molar-refractivity contribution in [1.82, 2.24) is 0 Å². The minimum absolute atomic E-state index is 0.270. The van der Waals surface area contributed by atoms with Crippen LogP contribution in [0.1, 0.15) is 64.7 Å². The van der Waals surface area contributed by atoms with Gasteiger partial charge in [0.05, 0.1) is 12.5 Å². The molecule has 0 amide bonds. The van der Waals surface area contributed by atoms with Gasteiger partial charge in [-0.05, 0) is 50.7 Å². The molecule has 3 nitrogen and oxygen atoms in total. The summed E-state index contributed by atoms with van der Waals surface area (Å²) in [6.45, 7) is 2.20. The van der Waals surface area contributed by atoms with Crippen LogP contribution in [-0.2, 0) is 9.53 Å². The lowest BCUT2D eigenvalue weighted by atomic mass is 10.2. The molecule has 0 spiro atoms. The molecule has 0 fully saturated rings. The standard InChI is InChI=1S/C17H28O3/c1-2-3-4-9-12-15-20-16-13-10-7-5-6-8-11-14-17(18)19/h5,7,12-13,15-16H,2-4,6,8-11,14H2,1H3,(H,18,19)/b7-5+,15-12?,16-13+. The number of hydrogen-bond donors (Lipinski definition) is 1.